The van der Waals surface area contributed by atoms with Crippen LogP contribution in [0.15, 0.2) is 17.2 Å². The Bertz CT molecular complexity index is 561. The number of nitrogens with zero attached hydrogens (tertiary/aromatic N) is 1. The molecule has 0 unspecified atom stereocenters. The van der Waals surface area contributed by atoms with Gasteiger partial charge in [0.25, 0.3) is 0 Å². The number of hydrogen-bond acceptors (Lipinski definition) is 5. The molecule has 0 bridgehead atoms. The molecule has 1 saturated carbocycles. The minimum Gasteiger partial charge on any atom is -0.380 e. The van der Waals surface area contributed by atoms with Crippen LogP contribution in [-0.2, 0) is 14.8 Å². The lowest BCUT2D eigenvalue weighted by Crippen LogP contribution is -2.27. The second-order valence-electron chi connectivity index (χ2n) is 4.67. The third-order valence-electron chi connectivity index (χ3n) is 2.95. The van der Waals surface area contributed by atoms with E-state index in [0.717, 1.165) is 0 Å². The molecule has 1 fully saturated rings. The number of anilines is 1. The molecule has 0 radical (unpaired) electrons. The molecule has 1 aromatic heterocycles. The standard InChI is InChI=1S/C12H18ClN3O3S/c1-14-12-11(13)6-10(7-15-12)20(17,18)16-4-5-19-8-9-2-3-9/h6-7,9,16H,2-5,8H2,1H3,(H,14,15). The van der Waals surface area contributed by atoms with Crippen LogP contribution in [0.3, 0.4) is 0 Å². The Hall–Kier alpha value is -0.890. The second kappa shape index (κ2) is 6.71. The van der Waals surface area contributed by atoms with Crippen molar-refractivity contribution in [2.75, 3.05) is 32.1 Å². The predicted molar refractivity (Wildman–Crippen MR) is 77.5 cm³/mol. The van der Waals surface area contributed by atoms with Crippen LogP contribution in [0.25, 0.3) is 0 Å². The summed E-state index contributed by atoms with van der Waals surface area (Å²) in [5, 5.41) is 3.04. The molecule has 1 aliphatic carbocycles. The van der Waals surface area contributed by atoms with Gasteiger partial charge in [-0.15, -0.1) is 0 Å². The Labute approximate surface area is 123 Å². The summed E-state index contributed by atoms with van der Waals surface area (Å²) in [6, 6.07) is 1.37. The topological polar surface area (TPSA) is 80.3 Å². The third-order valence-corrected chi connectivity index (χ3v) is 4.67. The summed E-state index contributed by atoms with van der Waals surface area (Å²) >= 11 is 5.92. The molecule has 0 aliphatic heterocycles. The number of nitrogens with one attached hydrogen (secondary N) is 2. The van der Waals surface area contributed by atoms with E-state index in [1.165, 1.54) is 25.1 Å². The number of rotatable bonds is 8. The molecule has 1 heterocycles. The summed E-state index contributed by atoms with van der Waals surface area (Å²) in [6.45, 7) is 1.32. The predicted octanol–water partition coefficient (Wildman–Crippen LogP) is 1.48. The molecule has 2 rings (SSSR count). The second-order valence-corrected chi connectivity index (χ2v) is 6.84. The van der Waals surface area contributed by atoms with E-state index in [4.69, 9.17) is 16.3 Å². The zero-order valence-corrected chi connectivity index (χ0v) is 12.8. The number of sulfonamides is 1. The summed E-state index contributed by atoms with van der Waals surface area (Å²) in [7, 11) is -1.93. The Balaban J connectivity index is 1.86. The summed E-state index contributed by atoms with van der Waals surface area (Å²) in [6.07, 6.45) is 3.70. The van der Waals surface area contributed by atoms with Crippen LogP contribution in [0.4, 0.5) is 5.82 Å². The van der Waals surface area contributed by atoms with Gasteiger partial charge in [-0.2, -0.15) is 0 Å². The van der Waals surface area contributed by atoms with E-state index in [1.807, 2.05) is 0 Å². The molecule has 1 aromatic rings. The lowest BCUT2D eigenvalue weighted by Gasteiger charge is -2.09. The van der Waals surface area contributed by atoms with Gasteiger partial charge in [0.15, 0.2) is 0 Å². The van der Waals surface area contributed by atoms with Crippen molar-refractivity contribution in [3.05, 3.63) is 17.3 Å². The Kier molecular flexibility index (Phi) is 5.20. The molecule has 0 amide bonds. The van der Waals surface area contributed by atoms with Crippen molar-refractivity contribution in [3.63, 3.8) is 0 Å². The van der Waals surface area contributed by atoms with E-state index >= 15 is 0 Å². The van der Waals surface area contributed by atoms with Crippen LogP contribution in [0.1, 0.15) is 12.8 Å². The van der Waals surface area contributed by atoms with Gasteiger partial charge in [-0.3, -0.25) is 0 Å². The maximum atomic E-state index is 12.0. The van der Waals surface area contributed by atoms with Crippen LogP contribution in [0, 0.1) is 5.92 Å². The Morgan fingerprint density at radius 2 is 2.25 bits per heavy atom. The van der Waals surface area contributed by atoms with E-state index < -0.39 is 10.0 Å². The van der Waals surface area contributed by atoms with Gasteiger partial charge < -0.3 is 10.1 Å². The van der Waals surface area contributed by atoms with Crippen molar-refractivity contribution >= 4 is 27.4 Å². The van der Waals surface area contributed by atoms with Gasteiger partial charge in [-0.1, -0.05) is 11.6 Å². The molecule has 1 aliphatic rings. The van der Waals surface area contributed by atoms with Gasteiger partial charge in [-0.05, 0) is 24.8 Å². The third kappa shape index (κ3) is 4.31. The highest BCUT2D eigenvalue weighted by Crippen LogP contribution is 2.28. The molecular formula is C12H18ClN3O3S. The lowest BCUT2D eigenvalue weighted by molar-refractivity contribution is 0.129. The first-order chi connectivity index (χ1) is 9.53. The van der Waals surface area contributed by atoms with Crippen molar-refractivity contribution in [2.24, 2.45) is 5.92 Å². The van der Waals surface area contributed by atoms with E-state index in [0.29, 0.717) is 24.9 Å². The number of pyridine rings is 1. The van der Waals surface area contributed by atoms with Gasteiger partial charge in [0, 0.05) is 26.4 Å². The maximum absolute atomic E-state index is 12.0. The molecular weight excluding hydrogens is 302 g/mol. The molecule has 6 nitrogen and oxygen atoms in total. The number of aromatic nitrogens is 1. The quantitative estimate of drug-likeness (QED) is 0.709. The molecule has 20 heavy (non-hydrogen) atoms. The van der Waals surface area contributed by atoms with E-state index in [-0.39, 0.29) is 16.5 Å². The molecule has 2 N–H and O–H groups in total. The van der Waals surface area contributed by atoms with Gasteiger partial charge in [0.1, 0.15) is 10.7 Å². The van der Waals surface area contributed by atoms with Crippen LogP contribution < -0.4 is 10.0 Å². The van der Waals surface area contributed by atoms with Crippen LogP contribution in [0.5, 0.6) is 0 Å². The van der Waals surface area contributed by atoms with Gasteiger partial charge in [0.2, 0.25) is 10.0 Å². The zero-order valence-electron chi connectivity index (χ0n) is 11.2. The molecule has 112 valence electrons. The molecule has 0 atom stereocenters. The Morgan fingerprint density at radius 1 is 1.50 bits per heavy atom. The largest absolute Gasteiger partial charge is 0.380 e. The molecule has 0 saturated heterocycles. The SMILES string of the molecule is CNc1ncc(S(=O)(=O)NCCOCC2CC2)cc1Cl. The molecule has 8 heteroatoms. The van der Waals surface area contributed by atoms with Crippen molar-refractivity contribution in [1.29, 1.82) is 0 Å². The maximum Gasteiger partial charge on any atom is 0.242 e. The number of hydrogen-bond donors (Lipinski definition) is 2. The zero-order chi connectivity index (χ0) is 14.6. The first-order valence-corrected chi connectivity index (χ1v) is 8.30. The number of ether oxygens (including phenoxy) is 1. The fraction of sp³-hybridized carbons (Fsp3) is 0.583. The van der Waals surface area contributed by atoms with E-state index in [9.17, 15) is 8.42 Å². The van der Waals surface area contributed by atoms with Crippen molar-refractivity contribution in [1.82, 2.24) is 9.71 Å². The summed E-state index contributed by atoms with van der Waals surface area (Å²) < 4.78 is 31.8. The summed E-state index contributed by atoms with van der Waals surface area (Å²) in [4.78, 5) is 3.99. The van der Waals surface area contributed by atoms with E-state index in [2.05, 4.69) is 15.0 Å². The highest BCUT2D eigenvalue weighted by atomic mass is 35.5. The summed E-state index contributed by atoms with van der Waals surface area (Å²) in [5.41, 5.74) is 0. The smallest absolute Gasteiger partial charge is 0.242 e. The van der Waals surface area contributed by atoms with Crippen molar-refractivity contribution < 1.29 is 13.2 Å². The lowest BCUT2D eigenvalue weighted by atomic mass is 10.4. The van der Waals surface area contributed by atoms with Crippen LogP contribution >= 0.6 is 11.6 Å². The first kappa shape index (κ1) is 15.5. The average Bonchev–Trinajstić information content (AvgIpc) is 3.22. The van der Waals surface area contributed by atoms with Gasteiger partial charge in [-0.25, -0.2) is 18.1 Å². The minimum atomic E-state index is -3.60. The van der Waals surface area contributed by atoms with Crippen molar-refractivity contribution in [3.8, 4) is 0 Å². The van der Waals surface area contributed by atoms with Crippen LogP contribution in [0.2, 0.25) is 5.02 Å². The fourth-order valence-corrected chi connectivity index (χ4v) is 2.93. The van der Waals surface area contributed by atoms with Gasteiger partial charge >= 0.3 is 0 Å². The van der Waals surface area contributed by atoms with E-state index in [1.54, 1.807) is 7.05 Å². The first-order valence-electron chi connectivity index (χ1n) is 6.43. The van der Waals surface area contributed by atoms with Gasteiger partial charge in [0.05, 0.1) is 11.6 Å². The minimum absolute atomic E-state index is 0.0451. The normalized spacial score (nSPS) is 15.3. The molecule has 0 aromatic carbocycles. The number of halogens is 1. The molecule has 0 spiro atoms. The fourth-order valence-electron chi connectivity index (χ4n) is 1.62. The summed E-state index contributed by atoms with van der Waals surface area (Å²) in [5.74, 6) is 1.11. The highest BCUT2D eigenvalue weighted by Gasteiger charge is 2.21. The van der Waals surface area contributed by atoms with Crippen molar-refractivity contribution in [2.45, 2.75) is 17.7 Å². The Morgan fingerprint density at radius 3 is 2.85 bits per heavy atom. The monoisotopic (exact) mass is 319 g/mol. The van der Waals surface area contributed by atoms with Crippen LogP contribution in [-0.4, -0.2) is 40.2 Å². The highest BCUT2D eigenvalue weighted by molar-refractivity contribution is 7.89. The average molecular weight is 320 g/mol.